The fourth-order valence-electron chi connectivity index (χ4n) is 2.96. The van der Waals surface area contributed by atoms with E-state index in [4.69, 9.17) is 9.47 Å². The molecule has 1 aromatic heterocycles. The van der Waals surface area contributed by atoms with E-state index in [-0.39, 0.29) is 12.2 Å². The maximum atomic E-state index is 12.1. The van der Waals surface area contributed by atoms with Crippen molar-refractivity contribution in [2.45, 2.75) is 45.3 Å². The van der Waals surface area contributed by atoms with Gasteiger partial charge in [0.25, 0.3) is 0 Å². The lowest BCUT2D eigenvalue weighted by Crippen LogP contribution is -2.44. The summed E-state index contributed by atoms with van der Waals surface area (Å²) in [5, 5.41) is 11.3. The minimum absolute atomic E-state index is 0.0277. The third-order valence-corrected chi connectivity index (χ3v) is 4.25. The number of likely N-dealkylation sites (tertiary alicyclic amines) is 1. The third-order valence-electron chi connectivity index (χ3n) is 4.25. The molecule has 1 fully saturated rings. The molecule has 26 heavy (non-hydrogen) atoms. The molecule has 0 N–H and O–H groups in total. The van der Waals surface area contributed by atoms with Crippen molar-refractivity contribution in [3.05, 3.63) is 36.2 Å². The molecule has 6 nitrogen and oxygen atoms in total. The van der Waals surface area contributed by atoms with Crippen LogP contribution in [0.5, 0.6) is 5.75 Å². The van der Waals surface area contributed by atoms with Crippen molar-refractivity contribution < 1.29 is 14.3 Å². The summed E-state index contributed by atoms with van der Waals surface area (Å²) in [6, 6.07) is 7.77. The van der Waals surface area contributed by atoms with Crippen LogP contribution in [0.25, 0.3) is 10.8 Å². The van der Waals surface area contributed by atoms with E-state index in [0.29, 0.717) is 37.2 Å². The van der Waals surface area contributed by atoms with Gasteiger partial charge in [-0.1, -0.05) is 0 Å². The predicted molar refractivity (Wildman–Crippen MR) is 97.9 cm³/mol. The first kappa shape index (κ1) is 18.0. The Hall–Kier alpha value is -2.81. The molecule has 0 radical (unpaired) electrons. The Morgan fingerprint density at radius 2 is 2.00 bits per heavy atom. The molecule has 1 aliphatic heterocycles. The fraction of sp³-hybridized carbons (Fsp3) is 0.450. The van der Waals surface area contributed by atoms with Crippen LogP contribution in [0, 0.1) is 11.3 Å². The zero-order chi connectivity index (χ0) is 18.7. The van der Waals surface area contributed by atoms with E-state index in [1.54, 1.807) is 23.4 Å². The minimum atomic E-state index is -0.494. The maximum Gasteiger partial charge on any atom is 0.410 e. The molecule has 1 aliphatic rings. The van der Waals surface area contributed by atoms with Crippen molar-refractivity contribution in [2.75, 3.05) is 13.1 Å². The monoisotopic (exact) mass is 353 g/mol. The van der Waals surface area contributed by atoms with Crippen molar-refractivity contribution in [1.29, 1.82) is 5.26 Å². The molecule has 0 unspecified atom stereocenters. The number of hydrogen-bond acceptors (Lipinski definition) is 5. The highest BCUT2D eigenvalue weighted by Crippen LogP contribution is 2.28. The summed E-state index contributed by atoms with van der Waals surface area (Å²) in [5.74, 6) is 0.585. The summed E-state index contributed by atoms with van der Waals surface area (Å²) < 4.78 is 11.5. The Balaban J connectivity index is 1.65. The number of ether oxygens (including phenoxy) is 2. The van der Waals surface area contributed by atoms with E-state index in [1.807, 2.05) is 32.9 Å². The number of benzene rings is 1. The van der Waals surface area contributed by atoms with Crippen LogP contribution in [0.15, 0.2) is 30.6 Å². The SMILES string of the molecule is CC(C)(C)OC(=O)N1CCC(Oc2cc3ccncc3cc2C#N)CC1. The van der Waals surface area contributed by atoms with Crippen LogP contribution in [-0.4, -0.2) is 40.8 Å². The number of nitrogens with zero attached hydrogens (tertiary/aromatic N) is 3. The van der Waals surface area contributed by atoms with E-state index in [9.17, 15) is 10.1 Å². The van der Waals surface area contributed by atoms with Crippen LogP contribution in [0.3, 0.4) is 0 Å². The number of hydrogen-bond donors (Lipinski definition) is 0. The topological polar surface area (TPSA) is 75.4 Å². The number of carbonyl (C=O) groups excluding carboxylic acids is 1. The molecule has 0 spiro atoms. The van der Waals surface area contributed by atoms with Gasteiger partial charge in [-0.3, -0.25) is 4.98 Å². The fourth-order valence-corrected chi connectivity index (χ4v) is 2.96. The number of piperidine rings is 1. The number of rotatable bonds is 2. The van der Waals surface area contributed by atoms with Gasteiger partial charge in [-0.05, 0) is 44.4 Å². The Kier molecular flexibility index (Phi) is 4.99. The molecule has 0 bridgehead atoms. The molecule has 0 saturated carbocycles. The van der Waals surface area contributed by atoms with Crippen molar-refractivity contribution in [3.63, 3.8) is 0 Å². The smallest absolute Gasteiger partial charge is 0.410 e. The second-order valence-corrected chi connectivity index (χ2v) is 7.47. The Labute approximate surface area is 153 Å². The summed E-state index contributed by atoms with van der Waals surface area (Å²) in [6.45, 7) is 6.75. The first-order valence-corrected chi connectivity index (χ1v) is 8.78. The average molecular weight is 353 g/mol. The first-order valence-electron chi connectivity index (χ1n) is 8.78. The van der Waals surface area contributed by atoms with Crippen molar-refractivity contribution in [3.8, 4) is 11.8 Å². The first-order chi connectivity index (χ1) is 12.4. The molecule has 1 amide bonds. The molecule has 0 aliphatic carbocycles. The zero-order valence-electron chi connectivity index (χ0n) is 15.4. The summed E-state index contributed by atoms with van der Waals surface area (Å²) >= 11 is 0. The summed E-state index contributed by atoms with van der Waals surface area (Å²) in [4.78, 5) is 17.9. The molecule has 6 heteroatoms. The number of carbonyl (C=O) groups is 1. The van der Waals surface area contributed by atoms with E-state index >= 15 is 0 Å². The van der Waals surface area contributed by atoms with Crippen LogP contribution in [0.4, 0.5) is 4.79 Å². The van der Waals surface area contributed by atoms with Crippen LogP contribution in [0.2, 0.25) is 0 Å². The molecule has 2 heterocycles. The molecule has 2 aromatic rings. The lowest BCUT2D eigenvalue weighted by atomic mass is 10.1. The Morgan fingerprint density at radius 3 is 2.65 bits per heavy atom. The Bertz CT molecular complexity index is 843. The quantitative estimate of drug-likeness (QED) is 0.819. The third kappa shape index (κ3) is 4.23. The normalized spacial score (nSPS) is 15.5. The standard InChI is InChI=1S/C20H23N3O3/c1-20(2,3)26-19(24)23-8-5-17(6-9-23)25-18-11-14-4-7-22-13-16(14)10-15(18)12-21/h4,7,10-11,13,17H,5-6,8-9H2,1-3H3. The maximum absolute atomic E-state index is 12.1. The zero-order valence-corrected chi connectivity index (χ0v) is 15.4. The van der Waals surface area contributed by atoms with Gasteiger partial charge < -0.3 is 14.4 Å². The molecule has 3 rings (SSSR count). The highest BCUT2D eigenvalue weighted by atomic mass is 16.6. The van der Waals surface area contributed by atoms with Gasteiger partial charge in [-0.15, -0.1) is 0 Å². The van der Waals surface area contributed by atoms with Crippen molar-refractivity contribution in [2.24, 2.45) is 0 Å². The van der Waals surface area contributed by atoms with Gasteiger partial charge >= 0.3 is 6.09 Å². The molecule has 1 saturated heterocycles. The van der Waals surface area contributed by atoms with Gasteiger partial charge in [0.05, 0.1) is 5.56 Å². The van der Waals surface area contributed by atoms with Crippen LogP contribution in [0.1, 0.15) is 39.2 Å². The number of nitriles is 1. The highest BCUT2D eigenvalue weighted by molar-refractivity contribution is 5.85. The number of aromatic nitrogens is 1. The van der Waals surface area contributed by atoms with Gasteiger partial charge in [-0.25, -0.2) is 4.79 Å². The number of fused-ring (bicyclic) bond motifs is 1. The molecular formula is C20H23N3O3. The molecule has 0 atom stereocenters. The second kappa shape index (κ2) is 7.20. The van der Waals surface area contributed by atoms with E-state index in [2.05, 4.69) is 11.1 Å². The van der Waals surface area contributed by atoms with E-state index in [0.717, 1.165) is 10.8 Å². The van der Waals surface area contributed by atoms with Gasteiger partial charge in [0.15, 0.2) is 0 Å². The highest BCUT2D eigenvalue weighted by Gasteiger charge is 2.28. The molecule has 136 valence electrons. The van der Waals surface area contributed by atoms with Gasteiger partial charge in [0, 0.05) is 43.7 Å². The van der Waals surface area contributed by atoms with Crippen molar-refractivity contribution >= 4 is 16.9 Å². The van der Waals surface area contributed by atoms with Gasteiger partial charge in [-0.2, -0.15) is 5.26 Å². The lowest BCUT2D eigenvalue weighted by molar-refractivity contribution is 0.0126. The van der Waals surface area contributed by atoms with Gasteiger partial charge in [0.1, 0.15) is 23.5 Å². The Morgan fingerprint density at radius 1 is 1.27 bits per heavy atom. The largest absolute Gasteiger partial charge is 0.489 e. The van der Waals surface area contributed by atoms with Crippen LogP contribution >= 0.6 is 0 Å². The van der Waals surface area contributed by atoms with E-state index < -0.39 is 5.60 Å². The molecular weight excluding hydrogens is 330 g/mol. The lowest BCUT2D eigenvalue weighted by Gasteiger charge is -2.33. The van der Waals surface area contributed by atoms with Crippen LogP contribution < -0.4 is 4.74 Å². The number of pyridine rings is 1. The number of amides is 1. The predicted octanol–water partition coefficient (Wildman–Crippen LogP) is 3.88. The average Bonchev–Trinajstić information content (AvgIpc) is 2.60. The summed E-state index contributed by atoms with van der Waals surface area (Å²) in [5.41, 5.74) is 0.00610. The van der Waals surface area contributed by atoms with Crippen LogP contribution in [-0.2, 0) is 4.74 Å². The van der Waals surface area contributed by atoms with E-state index in [1.165, 1.54) is 0 Å². The minimum Gasteiger partial charge on any atom is -0.489 e. The second-order valence-electron chi connectivity index (χ2n) is 7.47. The van der Waals surface area contributed by atoms with Gasteiger partial charge in [0.2, 0.25) is 0 Å². The molecule has 1 aromatic carbocycles. The summed E-state index contributed by atoms with van der Waals surface area (Å²) in [7, 11) is 0. The van der Waals surface area contributed by atoms with Crippen molar-refractivity contribution in [1.82, 2.24) is 9.88 Å². The summed E-state index contributed by atoms with van der Waals surface area (Å²) in [6.07, 6.45) is 4.56.